The zero-order chi connectivity index (χ0) is 22.9. The summed E-state index contributed by atoms with van der Waals surface area (Å²) in [5.41, 5.74) is 5.25. The van der Waals surface area contributed by atoms with E-state index in [1.807, 2.05) is 36.1 Å². The molecule has 2 aromatic carbocycles. The number of nitrogens with zero attached hydrogens (tertiary/aromatic N) is 3. The van der Waals surface area contributed by atoms with Crippen molar-refractivity contribution in [2.24, 2.45) is 0 Å². The minimum Gasteiger partial charge on any atom is -0.339 e. The molecule has 0 bridgehead atoms. The van der Waals surface area contributed by atoms with Gasteiger partial charge < -0.3 is 14.7 Å². The number of hydrogen-bond donors (Lipinski definition) is 1. The first-order chi connectivity index (χ1) is 16.0. The van der Waals surface area contributed by atoms with Crippen LogP contribution in [-0.4, -0.2) is 39.9 Å². The topological polar surface area (TPSA) is 88.3 Å². The Morgan fingerprint density at radius 2 is 1.67 bits per heavy atom. The predicted molar refractivity (Wildman–Crippen MR) is 126 cm³/mol. The smallest absolute Gasteiger partial charge is 0.259 e. The van der Waals surface area contributed by atoms with E-state index >= 15 is 0 Å². The standard InChI is InChI=1S/C26H24N4O3/c1-16-5-7-18(8-6-16)22-15-21(23-17(2)29-33-25(23)28-22)24(31)27-20-11-9-19(10-12-20)26(32)30-13-3-4-14-30/h5-12,15H,3-4,13-14H2,1-2H3,(H,27,31). The molecule has 0 unspecified atom stereocenters. The van der Waals surface area contributed by atoms with E-state index in [9.17, 15) is 9.59 Å². The summed E-state index contributed by atoms with van der Waals surface area (Å²) >= 11 is 0. The average Bonchev–Trinajstić information content (AvgIpc) is 3.49. The Balaban J connectivity index is 1.43. The molecule has 0 spiro atoms. The fourth-order valence-corrected chi connectivity index (χ4v) is 4.14. The van der Waals surface area contributed by atoms with E-state index < -0.39 is 0 Å². The number of nitrogens with one attached hydrogen (secondary N) is 1. The highest BCUT2D eigenvalue weighted by molar-refractivity contribution is 6.13. The molecule has 2 amide bonds. The summed E-state index contributed by atoms with van der Waals surface area (Å²) in [6, 6.07) is 16.7. The maximum Gasteiger partial charge on any atom is 0.259 e. The molecule has 7 heteroatoms. The van der Waals surface area contributed by atoms with Crippen LogP contribution >= 0.6 is 0 Å². The van der Waals surface area contributed by atoms with E-state index in [0.717, 1.165) is 37.1 Å². The SMILES string of the molecule is Cc1ccc(-c2cc(C(=O)Nc3ccc(C(=O)N4CCCC4)cc3)c3c(C)noc3n2)cc1. The Bertz CT molecular complexity index is 1330. The van der Waals surface area contributed by atoms with Crippen LogP contribution in [0.25, 0.3) is 22.4 Å². The molecule has 166 valence electrons. The van der Waals surface area contributed by atoms with Gasteiger partial charge in [-0.2, -0.15) is 0 Å². The van der Waals surface area contributed by atoms with Crippen LogP contribution in [0.5, 0.6) is 0 Å². The van der Waals surface area contributed by atoms with Gasteiger partial charge in [0.15, 0.2) is 0 Å². The number of benzene rings is 2. The van der Waals surface area contributed by atoms with Crippen LogP contribution in [0.15, 0.2) is 59.1 Å². The second-order valence-electron chi connectivity index (χ2n) is 8.40. The van der Waals surface area contributed by atoms with E-state index in [1.165, 1.54) is 0 Å². The number of fused-ring (bicyclic) bond motifs is 1. The van der Waals surface area contributed by atoms with Crippen molar-refractivity contribution in [2.75, 3.05) is 18.4 Å². The normalized spacial score (nSPS) is 13.5. The van der Waals surface area contributed by atoms with Crippen molar-refractivity contribution in [1.29, 1.82) is 0 Å². The molecule has 5 rings (SSSR count). The van der Waals surface area contributed by atoms with Gasteiger partial charge in [0.1, 0.15) is 0 Å². The summed E-state index contributed by atoms with van der Waals surface area (Å²) in [5.74, 6) is -0.260. The lowest BCUT2D eigenvalue weighted by Gasteiger charge is -2.15. The summed E-state index contributed by atoms with van der Waals surface area (Å²) in [7, 11) is 0. The van der Waals surface area contributed by atoms with Gasteiger partial charge in [-0.3, -0.25) is 9.59 Å². The number of carbonyl (C=O) groups is 2. The van der Waals surface area contributed by atoms with Crippen LogP contribution in [0.1, 0.15) is 44.8 Å². The maximum atomic E-state index is 13.3. The van der Waals surface area contributed by atoms with Crippen LogP contribution in [0.4, 0.5) is 5.69 Å². The molecule has 1 N–H and O–H groups in total. The largest absolute Gasteiger partial charge is 0.339 e. The van der Waals surface area contributed by atoms with Gasteiger partial charge in [0.25, 0.3) is 17.5 Å². The summed E-state index contributed by atoms with van der Waals surface area (Å²) in [6.45, 7) is 5.41. The lowest BCUT2D eigenvalue weighted by Crippen LogP contribution is -2.27. The molecule has 0 saturated carbocycles. The summed E-state index contributed by atoms with van der Waals surface area (Å²) in [6.07, 6.45) is 2.10. The first-order valence-electron chi connectivity index (χ1n) is 11.0. The van der Waals surface area contributed by atoms with E-state index in [2.05, 4.69) is 15.5 Å². The second kappa shape index (κ2) is 8.50. The van der Waals surface area contributed by atoms with Crippen molar-refractivity contribution in [3.8, 4) is 11.3 Å². The molecule has 1 aliphatic heterocycles. The minimum absolute atomic E-state index is 0.0315. The first-order valence-corrected chi connectivity index (χ1v) is 11.0. The Morgan fingerprint density at radius 1 is 0.970 bits per heavy atom. The van der Waals surface area contributed by atoms with Crippen LogP contribution < -0.4 is 5.32 Å². The van der Waals surface area contributed by atoms with Crippen molar-refractivity contribution in [1.82, 2.24) is 15.0 Å². The molecular weight excluding hydrogens is 416 g/mol. The van der Waals surface area contributed by atoms with Crippen LogP contribution in [0.2, 0.25) is 0 Å². The number of rotatable bonds is 4. The van der Waals surface area contributed by atoms with Gasteiger partial charge in [-0.15, -0.1) is 0 Å². The lowest BCUT2D eigenvalue weighted by molar-refractivity contribution is 0.0792. The first kappa shape index (κ1) is 20.9. The van der Waals surface area contributed by atoms with Crippen LogP contribution in [-0.2, 0) is 0 Å². The van der Waals surface area contributed by atoms with Gasteiger partial charge in [-0.05, 0) is 57.0 Å². The van der Waals surface area contributed by atoms with Crippen molar-refractivity contribution in [3.05, 3.63) is 77.0 Å². The van der Waals surface area contributed by atoms with Gasteiger partial charge >= 0.3 is 0 Å². The average molecular weight is 441 g/mol. The molecule has 1 saturated heterocycles. The van der Waals surface area contributed by atoms with Gasteiger partial charge in [-0.25, -0.2) is 4.98 Å². The number of carbonyl (C=O) groups excluding carboxylic acids is 2. The summed E-state index contributed by atoms with van der Waals surface area (Å²) < 4.78 is 5.38. The second-order valence-corrected chi connectivity index (χ2v) is 8.40. The van der Waals surface area contributed by atoms with Crippen molar-refractivity contribution < 1.29 is 14.1 Å². The van der Waals surface area contributed by atoms with Gasteiger partial charge in [-0.1, -0.05) is 35.0 Å². The third-order valence-electron chi connectivity index (χ3n) is 5.99. The number of aromatic nitrogens is 2. The summed E-state index contributed by atoms with van der Waals surface area (Å²) in [4.78, 5) is 32.3. The lowest BCUT2D eigenvalue weighted by atomic mass is 10.0. The molecule has 3 heterocycles. The molecule has 7 nitrogen and oxygen atoms in total. The van der Waals surface area contributed by atoms with Gasteiger partial charge in [0.2, 0.25) is 0 Å². The molecule has 4 aromatic rings. The molecule has 1 fully saturated rings. The Labute approximate surface area is 191 Å². The van der Waals surface area contributed by atoms with Crippen LogP contribution in [0.3, 0.4) is 0 Å². The molecular formula is C26H24N4O3. The third-order valence-corrected chi connectivity index (χ3v) is 5.99. The van der Waals surface area contributed by atoms with Crippen LogP contribution in [0, 0.1) is 13.8 Å². The Morgan fingerprint density at radius 3 is 2.36 bits per heavy atom. The van der Waals surface area contributed by atoms with Crippen molar-refractivity contribution >= 4 is 28.6 Å². The highest BCUT2D eigenvalue weighted by atomic mass is 16.5. The molecule has 2 aromatic heterocycles. The number of hydrogen-bond acceptors (Lipinski definition) is 5. The van der Waals surface area contributed by atoms with E-state index in [4.69, 9.17) is 4.52 Å². The zero-order valence-corrected chi connectivity index (χ0v) is 18.6. The Kier molecular flexibility index (Phi) is 5.38. The quantitative estimate of drug-likeness (QED) is 0.483. The van der Waals surface area contributed by atoms with Crippen molar-refractivity contribution in [2.45, 2.75) is 26.7 Å². The number of anilines is 1. The highest BCUT2D eigenvalue weighted by Gasteiger charge is 2.21. The number of pyridine rings is 1. The van der Waals surface area contributed by atoms with Crippen molar-refractivity contribution in [3.63, 3.8) is 0 Å². The molecule has 0 aliphatic carbocycles. The van der Waals surface area contributed by atoms with Gasteiger partial charge in [0.05, 0.1) is 22.3 Å². The Hall–Kier alpha value is -4.00. The number of amides is 2. The number of likely N-dealkylation sites (tertiary alicyclic amines) is 1. The van der Waals surface area contributed by atoms with Gasteiger partial charge in [0, 0.05) is 29.9 Å². The van der Waals surface area contributed by atoms with E-state index in [-0.39, 0.29) is 11.8 Å². The predicted octanol–water partition coefficient (Wildman–Crippen LogP) is 4.99. The summed E-state index contributed by atoms with van der Waals surface area (Å²) in [5, 5.41) is 7.52. The maximum absolute atomic E-state index is 13.3. The van der Waals surface area contributed by atoms with E-state index in [1.54, 1.807) is 37.3 Å². The molecule has 1 aliphatic rings. The zero-order valence-electron chi connectivity index (χ0n) is 18.6. The third kappa shape index (κ3) is 4.09. The minimum atomic E-state index is -0.291. The highest BCUT2D eigenvalue weighted by Crippen LogP contribution is 2.28. The fraction of sp³-hybridized carbons (Fsp3) is 0.231. The molecule has 33 heavy (non-hydrogen) atoms. The molecule has 0 radical (unpaired) electrons. The van der Waals surface area contributed by atoms with E-state index in [0.29, 0.717) is 39.3 Å². The molecule has 0 atom stereocenters. The number of aryl methyl sites for hydroxylation is 2. The monoisotopic (exact) mass is 440 g/mol. The fourth-order valence-electron chi connectivity index (χ4n) is 4.14.